The van der Waals surface area contributed by atoms with Crippen LogP contribution in [-0.4, -0.2) is 15.0 Å². The Kier molecular flexibility index (Phi) is 4.76. The van der Waals surface area contributed by atoms with Gasteiger partial charge in [0.25, 0.3) is 0 Å². The lowest BCUT2D eigenvalue weighted by atomic mass is 9.94. The van der Waals surface area contributed by atoms with Gasteiger partial charge in [-0.15, -0.1) is 0 Å². The maximum atomic E-state index is 6.45. The molecule has 5 nitrogen and oxygen atoms in total. The van der Waals surface area contributed by atoms with Gasteiger partial charge in [-0.3, -0.25) is 9.97 Å². The van der Waals surface area contributed by atoms with E-state index in [1.54, 1.807) is 12.5 Å². The van der Waals surface area contributed by atoms with Crippen molar-refractivity contribution in [2.75, 3.05) is 0 Å². The van der Waals surface area contributed by atoms with Gasteiger partial charge in [-0.05, 0) is 43.5 Å². The Balaban J connectivity index is 1.56. The zero-order valence-electron chi connectivity index (χ0n) is 13.7. The van der Waals surface area contributed by atoms with Crippen molar-refractivity contribution < 1.29 is 4.42 Å². The Morgan fingerprint density at radius 3 is 2.80 bits per heavy atom. The predicted molar refractivity (Wildman–Crippen MR) is 95.3 cm³/mol. The number of piperidine rings is 1. The first-order chi connectivity index (χ1) is 12.3. The van der Waals surface area contributed by atoms with Crippen LogP contribution in [0.2, 0.25) is 5.02 Å². The van der Waals surface area contributed by atoms with Crippen molar-refractivity contribution in [2.24, 2.45) is 0 Å². The standard InChI is InChI=1S/C19H19ClN4O/c20-14-8-7-13(12-18-22-10-11-25-18)23-19(14)17-6-3-5-16(24-17)15-4-1-2-9-21-15/h1-2,4,7-11,16-17,24H,3,5-6,12H2/t16-,17+/m1/s1. The van der Waals surface area contributed by atoms with Crippen molar-refractivity contribution >= 4 is 11.6 Å². The van der Waals surface area contributed by atoms with Gasteiger partial charge >= 0.3 is 0 Å². The molecule has 3 aromatic heterocycles. The molecule has 3 aromatic rings. The number of nitrogens with zero attached hydrogens (tertiary/aromatic N) is 3. The Morgan fingerprint density at radius 2 is 2.00 bits per heavy atom. The molecule has 128 valence electrons. The van der Waals surface area contributed by atoms with Crippen molar-refractivity contribution in [3.8, 4) is 0 Å². The zero-order chi connectivity index (χ0) is 17.1. The highest BCUT2D eigenvalue weighted by atomic mass is 35.5. The fourth-order valence-corrected chi connectivity index (χ4v) is 3.54. The minimum absolute atomic E-state index is 0.123. The van der Waals surface area contributed by atoms with E-state index in [0.29, 0.717) is 17.3 Å². The number of rotatable bonds is 4. The van der Waals surface area contributed by atoms with E-state index < -0.39 is 0 Å². The second kappa shape index (κ2) is 7.33. The molecule has 4 heterocycles. The maximum Gasteiger partial charge on any atom is 0.199 e. The fourth-order valence-electron chi connectivity index (χ4n) is 3.30. The summed E-state index contributed by atoms with van der Waals surface area (Å²) in [4.78, 5) is 13.4. The molecule has 0 amide bonds. The average Bonchev–Trinajstić information content (AvgIpc) is 3.17. The maximum absolute atomic E-state index is 6.45. The van der Waals surface area contributed by atoms with Gasteiger partial charge in [0.15, 0.2) is 5.89 Å². The number of oxazole rings is 1. The second-order valence-electron chi connectivity index (χ2n) is 6.23. The first-order valence-corrected chi connectivity index (χ1v) is 8.88. The van der Waals surface area contributed by atoms with Crippen molar-refractivity contribution in [2.45, 2.75) is 37.8 Å². The number of hydrogen-bond donors (Lipinski definition) is 1. The quantitative estimate of drug-likeness (QED) is 0.758. The van der Waals surface area contributed by atoms with Crippen LogP contribution in [-0.2, 0) is 6.42 Å². The van der Waals surface area contributed by atoms with Crippen molar-refractivity contribution in [1.29, 1.82) is 0 Å². The van der Waals surface area contributed by atoms with Crippen LogP contribution in [0.25, 0.3) is 0 Å². The van der Waals surface area contributed by atoms with Gasteiger partial charge in [0.2, 0.25) is 0 Å². The van der Waals surface area contributed by atoms with Gasteiger partial charge in [0.05, 0.1) is 40.8 Å². The summed E-state index contributed by atoms with van der Waals surface area (Å²) in [5.74, 6) is 0.656. The van der Waals surface area contributed by atoms with Gasteiger partial charge in [0.1, 0.15) is 6.26 Å². The summed E-state index contributed by atoms with van der Waals surface area (Å²) in [6.45, 7) is 0. The Hall–Kier alpha value is -2.24. The fraction of sp³-hybridized carbons (Fsp3) is 0.316. The first-order valence-electron chi connectivity index (χ1n) is 8.50. The van der Waals surface area contributed by atoms with Crippen LogP contribution in [0.15, 0.2) is 53.4 Å². The molecular formula is C19H19ClN4O. The molecule has 0 aliphatic carbocycles. The predicted octanol–water partition coefficient (Wildman–Crippen LogP) is 4.26. The Morgan fingerprint density at radius 1 is 1.08 bits per heavy atom. The highest BCUT2D eigenvalue weighted by molar-refractivity contribution is 6.31. The highest BCUT2D eigenvalue weighted by Crippen LogP contribution is 2.34. The average molecular weight is 355 g/mol. The topological polar surface area (TPSA) is 63.8 Å². The smallest absolute Gasteiger partial charge is 0.199 e. The molecule has 1 N–H and O–H groups in total. The molecule has 4 rings (SSSR count). The molecule has 0 aromatic carbocycles. The monoisotopic (exact) mass is 354 g/mol. The van der Waals surface area contributed by atoms with E-state index in [-0.39, 0.29) is 12.1 Å². The van der Waals surface area contributed by atoms with E-state index in [1.165, 1.54) is 0 Å². The van der Waals surface area contributed by atoms with Gasteiger partial charge in [-0.1, -0.05) is 17.7 Å². The molecule has 0 bridgehead atoms. The molecule has 25 heavy (non-hydrogen) atoms. The second-order valence-corrected chi connectivity index (χ2v) is 6.64. The summed E-state index contributed by atoms with van der Waals surface area (Å²) >= 11 is 6.45. The molecule has 1 aliphatic rings. The van der Waals surface area contributed by atoms with Gasteiger partial charge < -0.3 is 9.73 Å². The van der Waals surface area contributed by atoms with E-state index in [4.69, 9.17) is 21.0 Å². The lowest BCUT2D eigenvalue weighted by molar-refractivity contribution is 0.321. The Bertz CT molecular complexity index is 823. The van der Waals surface area contributed by atoms with Crippen LogP contribution in [0.5, 0.6) is 0 Å². The molecule has 1 aliphatic heterocycles. The first kappa shape index (κ1) is 16.2. The van der Waals surface area contributed by atoms with Gasteiger partial charge in [0, 0.05) is 12.2 Å². The number of pyridine rings is 2. The molecular weight excluding hydrogens is 336 g/mol. The van der Waals surface area contributed by atoms with E-state index in [2.05, 4.69) is 21.4 Å². The number of hydrogen-bond acceptors (Lipinski definition) is 5. The highest BCUT2D eigenvalue weighted by Gasteiger charge is 2.26. The number of nitrogens with one attached hydrogen (secondary N) is 1. The van der Waals surface area contributed by atoms with E-state index in [0.717, 1.165) is 36.3 Å². The summed E-state index contributed by atoms with van der Waals surface area (Å²) in [6.07, 6.45) is 8.82. The van der Waals surface area contributed by atoms with Crippen LogP contribution >= 0.6 is 11.6 Å². The molecule has 2 atom stereocenters. The number of aromatic nitrogens is 3. The van der Waals surface area contributed by atoms with Crippen LogP contribution < -0.4 is 5.32 Å². The van der Waals surface area contributed by atoms with E-state index in [1.807, 2.05) is 30.5 Å². The normalized spacial score (nSPS) is 20.5. The summed E-state index contributed by atoms with van der Waals surface area (Å²) in [7, 11) is 0. The van der Waals surface area contributed by atoms with Crippen LogP contribution in [0.1, 0.15) is 54.3 Å². The molecule has 6 heteroatoms. The van der Waals surface area contributed by atoms with Gasteiger partial charge in [-0.25, -0.2) is 4.98 Å². The largest absolute Gasteiger partial charge is 0.449 e. The lowest BCUT2D eigenvalue weighted by Crippen LogP contribution is -2.32. The minimum atomic E-state index is 0.123. The molecule has 0 saturated carbocycles. The van der Waals surface area contributed by atoms with Crippen LogP contribution in [0.4, 0.5) is 0 Å². The SMILES string of the molecule is Clc1ccc(Cc2ncco2)nc1[C@@H]1CCC[C@H](c2ccccn2)N1. The molecule has 1 saturated heterocycles. The third-order valence-corrected chi connectivity index (χ3v) is 4.83. The summed E-state index contributed by atoms with van der Waals surface area (Å²) in [5.41, 5.74) is 2.87. The third-order valence-electron chi connectivity index (χ3n) is 4.51. The van der Waals surface area contributed by atoms with Crippen molar-refractivity contribution in [1.82, 2.24) is 20.3 Å². The molecule has 1 fully saturated rings. The molecule has 0 unspecified atom stereocenters. The van der Waals surface area contributed by atoms with Crippen molar-refractivity contribution in [3.05, 3.63) is 77.0 Å². The minimum Gasteiger partial charge on any atom is -0.449 e. The van der Waals surface area contributed by atoms with Crippen LogP contribution in [0, 0.1) is 0 Å². The van der Waals surface area contributed by atoms with E-state index >= 15 is 0 Å². The lowest BCUT2D eigenvalue weighted by Gasteiger charge is -2.31. The van der Waals surface area contributed by atoms with Crippen LogP contribution in [0.3, 0.4) is 0 Å². The zero-order valence-corrected chi connectivity index (χ0v) is 14.5. The third kappa shape index (κ3) is 3.72. The molecule has 0 spiro atoms. The molecule has 0 radical (unpaired) electrons. The van der Waals surface area contributed by atoms with Gasteiger partial charge in [-0.2, -0.15) is 0 Å². The summed E-state index contributed by atoms with van der Waals surface area (Å²) in [5, 5.41) is 4.35. The number of halogens is 1. The summed E-state index contributed by atoms with van der Waals surface area (Å²) in [6, 6.07) is 10.2. The Labute approximate surface area is 151 Å². The van der Waals surface area contributed by atoms with E-state index in [9.17, 15) is 0 Å². The van der Waals surface area contributed by atoms with Crippen molar-refractivity contribution in [3.63, 3.8) is 0 Å². The summed E-state index contributed by atoms with van der Waals surface area (Å²) < 4.78 is 5.32.